The second-order valence-corrected chi connectivity index (χ2v) is 6.47. The largest absolute Gasteiger partial charge is 0.481 e. The predicted molar refractivity (Wildman–Crippen MR) is 78.4 cm³/mol. The van der Waals surface area contributed by atoms with Gasteiger partial charge in [0.2, 0.25) is 0 Å². The fourth-order valence-electron chi connectivity index (χ4n) is 2.22. The number of amides is 1. The van der Waals surface area contributed by atoms with Crippen LogP contribution in [-0.2, 0) is 19.1 Å². The second-order valence-electron chi connectivity index (χ2n) is 6.47. The summed E-state index contributed by atoms with van der Waals surface area (Å²) in [5.74, 6) is -1.64. The zero-order valence-electron chi connectivity index (χ0n) is 13.4. The Kier molecular flexibility index (Phi) is 6.64. The molecule has 1 atom stereocenters. The minimum absolute atomic E-state index is 0.0276. The van der Waals surface area contributed by atoms with E-state index in [-0.39, 0.29) is 18.9 Å². The van der Waals surface area contributed by atoms with E-state index in [0.717, 1.165) is 25.7 Å². The van der Waals surface area contributed by atoms with Crippen LogP contribution in [0.15, 0.2) is 0 Å². The minimum Gasteiger partial charge on any atom is -0.481 e. The average Bonchev–Trinajstić information content (AvgIpc) is 2.84. The Morgan fingerprint density at radius 1 is 1.23 bits per heavy atom. The molecule has 0 radical (unpaired) electrons. The molecule has 0 spiro atoms. The Balaban J connectivity index is 2.59. The number of carboxylic acids is 1. The Labute approximate surface area is 130 Å². The van der Waals surface area contributed by atoms with Crippen molar-refractivity contribution in [2.24, 2.45) is 0 Å². The summed E-state index contributed by atoms with van der Waals surface area (Å²) < 4.78 is 10.4. The van der Waals surface area contributed by atoms with Gasteiger partial charge in [0, 0.05) is 6.42 Å². The standard InChI is InChI=1S/C15H25NO6/c1-15(2,3)22-14(20)16-11(8-9-12(17)18)13(19)21-10-6-4-5-7-10/h10-11H,4-9H2,1-3H3,(H,16,20)(H,17,18). The number of alkyl carbamates (subject to hydrolysis) is 1. The summed E-state index contributed by atoms with van der Waals surface area (Å²) in [5, 5.41) is 11.2. The number of ether oxygens (including phenoxy) is 2. The number of carboxylic acid groups (broad SMARTS) is 1. The first-order chi connectivity index (χ1) is 10.2. The molecule has 1 unspecified atom stereocenters. The first-order valence-corrected chi connectivity index (χ1v) is 7.59. The van der Waals surface area contributed by atoms with Crippen LogP contribution in [0.4, 0.5) is 4.79 Å². The highest BCUT2D eigenvalue weighted by atomic mass is 16.6. The van der Waals surface area contributed by atoms with Crippen LogP contribution in [0.5, 0.6) is 0 Å². The van der Waals surface area contributed by atoms with Crippen molar-refractivity contribution in [1.82, 2.24) is 5.32 Å². The van der Waals surface area contributed by atoms with Gasteiger partial charge in [-0.25, -0.2) is 9.59 Å². The molecule has 1 fully saturated rings. The molecule has 0 aromatic heterocycles. The van der Waals surface area contributed by atoms with Gasteiger partial charge in [-0.1, -0.05) is 0 Å². The molecule has 7 nitrogen and oxygen atoms in total. The molecule has 1 saturated carbocycles. The molecule has 7 heteroatoms. The van der Waals surface area contributed by atoms with E-state index >= 15 is 0 Å². The van der Waals surface area contributed by atoms with Gasteiger partial charge in [-0.2, -0.15) is 0 Å². The lowest BCUT2D eigenvalue weighted by molar-refractivity contribution is -0.151. The number of hydrogen-bond acceptors (Lipinski definition) is 5. The number of hydrogen-bond donors (Lipinski definition) is 2. The topological polar surface area (TPSA) is 102 Å². The first kappa shape index (κ1) is 18.3. The maximum atomic E-state index is 12.1. The van der Waals surface area contributed by atoms with Gasteiger partial charge in [0.05, 0.1) is 0 Å². The van der Waals surface area contributed by atoms with Crippen LogP contribution < -0.4 is 5.32 Å². The van der Waals surface area contributed by atoms with Crippen molar-refractivity contribution in [2.45, 2.75) is 77.0 Å². The van der Waals surface area contributed by atoms with Crippen LogP contribution in [0, 0.1) is 0 Å². The molecule has 0 heterocycles. The number of rotatable bonds is 6. The van der Waals surface area contributed by atoms with Crippen LogP contribution in [0.25, 0.3) is 0 Å². The summed E-state index contributed by atoms with van der Waals surface area (Å²) in [6.45, 7) is 5.11. The number of esters is 1. The van der Waals surface area contributed by atoms with Gasteiger partial charge in [0.25, 0.3) is 0 Å². The zero-order chi connectivity index (χ0) is 16.8. The van der Waals surface area contributed by atoms with E-state index in [1.165, 1.54) is 0 Å². The molecule has 0 aromatic rings. The van der Waals surface area contributed by atoms with Gasteiger partial charge in [-0.3, -0.25) is 4.79 Å². The summed E-state index contributed by atoms with van der Waals surface area (Å²) in [6.07, 6.45) is 2.48. The van der Waals surface area contributed by atoms with Gasteiger partial charge in [-0.05, 0) is 52.9 Å². The third kappa shape index (κ3) is 7.28. The highest BCUT2D eigenvalue weighted by Crippen LogP contribution is 2.21. The fourth-order valence-corrected chi connectivity index (χ4v) is 2.22. The van der Waals surface area contributed by atoms with Crippen molar-refractivity contribution >= 4 is 18.0 Å². The Morgan fingerprint density at radius 2 is 1.82 bits per heavy atom. The monoisotopic (exact) mass is 315 g/mol. The summed E-state index contributed by atoms with van der Waals surface area (Å²) in [7, 11) is 0. The molecular weight excluding hydrogens is 290 g/mol. The Bertz CT molecular complexity index is 409. The molecule has 0 aromatic carbocycles. The van der Waals surface area contributed by atoms with E-state index in [2.05, 4.69) is 5.32 Å². The molecule has 1 aliphatic carbocycles. The van der Waals surface area contributed by atoms with Crippen molar-refractivity contribution in [2.75, 3.05) is 0 Å². The summed E-state index contributed by atoms with van der Waals surface area (Å²) in [4.78, 5) is 34.6. The van der Waals surface area contributed by atoms with Crippen LogP contribution >= 0.6 is 0 Å². The maximum Gasteiger partial charge on any atom is 0.408 e. The van der Waals surface area contributed by atoms with Gasteiger partial charge in [0.1, 0.15) is 17.7 Å². The first-order valence-electron chi connectivity index (χ1n) is 7.59. The molecule has 0 bridgehead atoms. The normalized spacial score (nSPS) is 16.9. The molecule has 1 aliphatic rings. The smallest absolute Gasteiger partial charge is 0.408 e. The highest BCUT2D eigenvalue weighted by Gasteiger charge is 2.29. The van der Waals surface area contributed by atoms with E-state index in [9.17, 15) is 14.4 Å². The van der Waals surface area contributed by atoms with Crippen molar-refractivity contribution in [3.05, 3.63) is 0 Å². The van der Waals surface area contributed by atoms with E-state index in [4.69, 9.17) is 14.6 Å². The molecule has 22 heavy (non-hydrogen) atoms. The summed E-state index contributed by atoms with van der Waals surface area (Å²) in [5.41, 5.74) is -0.698. The van der Waals surface area contributed by atoms with E-state index in [0.29, 0.717) is 0 Å². The Morgan fingerprint density at radius 3 is 2.32 bits per heavy atom. The summed E-state index contributed by atoms with van der Waals surface area (Å²) >= 11 is 0. The zero-order valence-corrected chi connectivity index (χ0v) is 13.4. The number of carbonyl (C=O) groups is 3. The van der Waals surface area contributed by atoms with Crippen molar-refractivity contribution in [3.8, 4) is 0 Å². The number of carbonyl (C=O) groups excluding carboxylic acids is 2. The van der Waals surface area contributed by atoms with Gasteiger partial charge >= 0.3 is 18.0 Å². The lowest BCUT2D eigenvalue weighted by Gasteiger charge is -2.23. The molecule has 1 rings (SSSR count). The van der Waals surface area contributed by atoms with Crippen LogP contribution in [0.2, 0.25) is 0 Å². The third-order valence-corrected chi connectivity index (χ3v) is 3.21. The lowest BCUT2D eigenvalue weighted by Crippen LogP contribution is -2.45. The fraction of sp³-hybridized carbons (Fsp3) is 0.800. The van der Waals surface area contributed by atoms with Crippen LogP contribution in [-0.4, -0.2) is 40.9 Å². The Hall–Kier alpha value is -1.79. The minimum atomic E-state index is -1.04. The molecular formula is C15H25NO6. The van der Waals surface area contributed by atoms with E-state index in [1.807, 2.05) is 0 Å². The quantitative estimate of drug-likeness (QED) is 0.729. The van der Waals surface area contributed by atoms with Gasteiger partial charge in [-0.15, -0.1) is 0 Å². The molecule has 0 saturated heterocycles. The molecule has 0 aliphatic heterocycles. The third-order valence-electron chi connectivity index (χ3n) is 3.21. The second kappa shape index (κ2) is 8.00. The molecule has 2 N–H and O–H groups in total. The van der Waals surface area contributed by atoms with Crippen LogP contribution in [0.1, 0.15) is 59.3 Å². The van der Waals surface area contributed by atoms with Gasteiger partial charge < -0.3 is 19.9 Å². The number of nitrogens with one attached hydrogen (secondary N) is 1. The summed E-state index contributed by atoms with van der Waals surface area (Å²) in [6, 6.07) is -1.01. The number of aliphatic carboxylic acids is 1. The van der Waals surface area contributed by atoms with Crippen molar-refractivity contribution in [1.29, 1.82) is 0 Å². The van der Waals surface area contributed by atoms with Crippen LogP contribution in [0.3, 0.4) is 0 Å². The SMILES string of the molecule is CC(C)(C)OC(=O)NC(CCC(=O)O)C(=O)OC1CCCC1. The predicted octanol–water partition coefficient (Wildman–Crippen LogP) is 2.23. The lowest BCUT2D eigenvalue weighted by atomic mass is 10.1. The van der Waals surface area contributed by atoms with Crippen molar-refractivity contribution in [3.63, 3.8) is 0 Å². The maximum absolute atomic E-state index is 12.1. The molecule has 126 valence electrons. The molecule has 1 amide bonds. The van der Waals surface area contributed by atoms with E-state index < -0.39 is 29.7 Å². The van der Waals surface area contributed by atoms with Gasteiger partial charge in [0.15, 0.2) is 0 Å². The van der Waals surface area contributed by atoms with E-state index in [1.54, 1.807) is 20.8 Å². The average molecular weight is 315 g/mol. The highest BCUT2D eigenvalue weighted by molar-refractivity contribution is 5.82. The van der Waals surface area contributed by atoms with Crippen molar-refractivity contribution < 1.29 is 29.0 Å².